The maximum absolute atomic E-state index is 12.3. The summed E-state index contributed by atoms with van der Waals surface area (Å²) in [5.74, 6) is -0.240. The number of rotatable bonds is 20. The van der Waals surface area contributed by atoms with Crippen LogP contribution in [0.2, 0.25) is 0 Å². The van der Waals surface area contributed by atoms with Crippen molar-refractivity contribution >= 4 is 35.4 Å². The second-order valence-corrected chi connectivity index (χ2v) is 11.2. The molecule has 0 aliphatic carbocycles. The van der Waals surface area contributed by atoms with Gasteiger partial charge < -0.3 is 30.8 Å². The van der Waals surface area contributed by atoms with Crippen molar-refractivity contribution in [3.63, 3.8) is 0 Å². The first kappa shape index (κ1) is 35.7. The molecule has 0 heterocycles. The molecule has 0 aliphatic heterocycles. The van der Waals surface area contributed by atoms with Gasteiger partial charge in [0.15, 0.2) is 0 Å². The van der Waals surface area contributed by atoms with Gasteiger partial charge in [0, 0.05) is 23.9 Å². The maximum Gasteiger partial charge on any atom is 0.336 e. The van der Waals surface area contributed by atoms with Crippen molar-refractivity contribution in [2.24, 2.45) is 0 Å². The van der Waals surface area contributed by atoms with E-state index >= 15 is 0 Å². The molecular weight excluding hydrogens is 584 g/mol. The Morgan fingerprint density at radius 3 is 2.02 bits per heavy atom. The van der Waals surface area contributed by atoms with Gasteiger partial charge >= 0.3 is 17.9 Å². The molecule has 46 heavy (non-hydrogen) atoms. The highest BCUT2D eigenvalue weighted by molar-refractivity contribution is 5.92. The molecule has 5 N–H and O–H groups in total. The summed E-state index contributed by atoms with van der Waals surface area (Å²) in [6, 6.07) is 17.0. The number of carbonyl (C=O) groups is 3. The van der Waals surface area contributed by atoms with Gasteiger partial charge in [-0.3, -0.25) is 4.79 Å². The van der Waals surface area contributed by atoms with Gasteiger partial charge in [-0.1, -0.05) is 64.0 Å². The summed E-state index contributed by atoms with van der Waals surface area (Å²) in [5.41, 5.74) is 14.2. The maximum atomic E-state index is 12.3. The van der Waals surface area contributed by atoms with Crippen LogP contribution in [0.5, 0.6) is 17.2 Å². The summed E-state index contributed by atoms with van der Waals surface area (Å²) >= 11 is 0. The van der Waals surface area contributed by atoms with Crippen LogP contribution in [0.4, 0.5) is 11.4 Å². The smallest absolute Gasteiger partial charge is 0.336 e. The van der Waals surface area contributed by atoms with Crippen LogP contribution in [-0.4, -0.2) is 29.6 Å². The summed E-state index contributed by atoms with van der Waals surface area (Å²) in [4.78, 5) is 35.7. The lowest BCUT2D eigenvalue weighted by Crippen LogP contribution is -2.07. The van der Waals surface area contributed by atoms with E-state index < -0.39 is 11.9 Å². The van der Waals surface area contributed by atoms with E-state index in [1.54, 1.807) is 36.4 Å². The number of hydrogen-bond acceptors (Lipinski definition) is 8. The van der Waals surface area contributed by atoms with Gasteiger partial charge in [-0.2, -0.15) is 0 Å². The molecule has 0 amide bonds. The van der Waals surface area contributed by atoms with Crippen molar-refractivity contribution in [3.8, 4) is 17.2 Å². The van der Waals surface area contributed by atoms with Gasteiger partial charge in [-0.05, 0) is 91.4 Å². The molecule has 0 spiro atoms. The average Bonchev–Trinajstić information content (AvgIpc) is 3.03. The zero-order valence-electron chi connectivity index (χ0n) is 26.7. The highest BCUT2D eigenvalue weighted by Crippen LogP contribution is 2.24. The molecular formula is C37H46N2O7. The SMILES string of the molecule is CCCCCCC(=O)Oc1ccc(OC(=O)/C=C/c2ccc(OCCCCCCCCc3c(N)cc(N)cc3C(=O)O)cc2)cc1. The van der Waals surface area contributed by atoms with E-state index in [-0.39, 0.29) is 11.5 Å². The van der Waals surface area contributed by atoms with Crippen LogP contribution in [0.25, 0.3) is 6.08 Å². The minimum Gasteiger partial charge on any atom is -0.494 e. The van der Waals surface area contributed by atoms with E-state index in [4.69, 9.17) is 25.7 Å². The normalized spacial score (nSPS) is 11.0. The minimum absolute atomic E-state index is 0.189. The molecule has 0 radical (unpaired) electrons. The second-order valence-electron chi connectivity index (χ2n) is 11.2. The van der Waals surface area contributed by atoms with Crippen LogP contribution in [0.3, 0.4) is 0 Å². The molecule has 0 unspecified atom stereocenters. The Kier molecular flexibility index (Phi) is 15.2. The molecule has 0 saturated carbocycles. The first-order chi connectivity index (χ1) is 22.2. The third-order valence-corrected chi connectivity index (χ3v) is 7.43. The van der Waals surface area contributed by atoms with Crippen molar-refractivity contribution in [2.75, 3.05) is 18.1 Å². The second kappa shape index (κ2) is 19.6. The Labute approximate surface area is 271 Å². The predicted molar refractivity (Wildman–Crippen MR) is 181 cm³/mol. The minimum atomic E-state index is -1.01. The van der Waals surface area contributed by atoms with E-state index in [9.17, 15) is 19.5 Å². The summed E-state index contributed by atoms with van der Waals surface area (Å²) in [6.45, 7) is 2.74. The van der Waals surface area contributed by atoms with Gasteiger partial charge in [0.2, 0.25) is 0 Å². The molecule has 3 aromatic rings. The average molecular weight is 631 g/mol. The lowest BCUT2D eigenvalue weighted by Gasteiger charge is -2.11. The number of esters is 2. The van der Waals surface area contributed by atoms with Crippen molar-refractivity contribution in [1.82, 2.24) is 0 Å². The van der Waals surface area contributed by atoms with Crippen LogP contribution < -0.4 is 25.7 Å². The number of aromatic carboxylic acids is 1. The monoisotopic (exact) mass is 630 g/mol. The molecule has 0 atom stereocenters. The third-order valence-electron chi connectivity index (χ3n) is 7.43. The topological polar surface area (TPSA) is 151 Å². The molecule has 3 aromatic carbocycles. The quantitative estimate of drug-likeness (QED) is 0.0371. The Balaban J connectivity index is 1.27. The zero-order valence-corrected chi connectivity index (χ0v) is 26.7. The van der Waals surface area contributed by atoms with Gasteiger partial charge in [0.25, 0.3) is 0 Å². The molecule has 0 aliphatic rings. The highest BCUT2D eigenvalue weighted by Gasteiger charge is 2.14. The first-order valence-corrected chi connectivity index (χ1v) is 16.1. The number of hydrogen-bond donors (Lipinski definition) is 3. The van der Waals surface area contributed by atoms with Gasteiger partial charge in [0.1, 0.15) is 17.2 Å². The Morgan fingerprint density at radius 2 is 1.35 bits per heavy atom. The van der Waals surface area contributed by atoms with Crippen LogP contribution in [0.15, 0.2) is 66.7 Å². The number of carbonyl (C=O) groups excluding carboxylic acids is 2. The fourth-order valence-electron chi connectivity index (χ4n) is 4.93. The van der Waals surface area contributed by atoms with E-state index in [1.807, 2.05) is 24.3 Å². The number of anilines is 2. The molecule has 9 heteroatoms. The molecule has 0 bridgehead atoms. The number of unbranched alkanes of at least 4 members (excludes halogenated alkanes) is 8. The predicted octanol–water partition coefficient (Wildman–Crippen LogP) is 8.01. The van der Waals surface area contributed by atoms with Gasteiger partial charge in [-0.15, -0.1) is 0 Å². The zero-order chi connectivity index (χ0) is 33.1. The van der Waals surface area contributed by atoms with E-state index in [0.29, 0.717) is 47.9 Å². The summed E-state index contributed by atoms with van der Waals surface area (Å²) in [7, 11) is 0. The molecule has 0 fully saturated rings. The summed E-state index contributed by atoms with van der Waals surface area (Å²) in [5, 5.41) is 9.42. The fourth-order valence-corrected chi connectivity index (χ4v) is 4.93. The highest BCUT2D eigenvalue weighted by atomic mass is 16.5. The number of nitrogens with two attached hydrogens (primary N) is 2. The van der Waals surface area contributed by atoms with Crippen LogP contribution in [-0.2, 0) is 16.0 Å². The molecule has 3 rings (SSSR count). The number of nitrogen functional groups attached to an aromatic ring is 2. The number of carboxylic acid groups (broad SMARTS) is 1. The molecule has 0 aromatic heterocycles. The number of ether oxygens (including phenoxy) is 3. The third kappa shape index (κ3) is 13.1. The molecule has 9 nitrogen and oxygen atoms in total. The lowest BCUT2D eigenvalue weighted by molar-refractivity contribution is -0.134. The van der Waals surface area contributed by atoms with Crippen molar-refractivity contribution in [1.29, 1.82) is 0 Å². The van der Waals surface area contributed by atoms with Gasteiger partial charge in [0.05, 0.1) is 12.2 Å². The first-order valence-electron chi connectivity index (χ1n) is 16.1. The van der Waals surface area contributed by atoms with Crippen LogP contribution in [0.1, 0.15) is 99.0 Å². The van der Waals surface area contributed by atoms with E-state index in [0.717, 1.165) is 75.5 Å². The molecule has 246 valence electrons. The standard InChI is InChI=1S/C37H46N2O7/c1-2-3-4-10-13-35(40)45-30-19-21-31(22-20-30)46-36(41)23-16-27-14-17-29(18-15-27)44-24-11-8-6-5-7-9-12-32-33(37(42)43)25-28(38)26-34(32)39/h14-23,25-26H,2-13,24,38-39H2,1H3,(H,42,43)/b23-16+. The number of benzene rings is 3. The summed E-state index contributed by atoms with van der Waals surface area (Å²) in [6.07, 6.45) is 14.1. The van der Waals surface area contributed by atoms with Gasteiger partial charge in [-0.25, -0.2) is 9.59 Å². The van der Waals surface area contributed by atoms with E-state index in [1.165, 1.54) is 12.1 Å². The Hall–Kier alpha value is -4.79. The van der Waals surface area contributed by atoms with Crippen molar-refractivity contribution in [3.05, 3.63) is 83.4 Å². The number of carboxylic acids is 1. The van der Waals surface area contributed by atoms with E-state index in [2.05, 4.69) is 6.92 Å². The van der Waals surface area contributed by atoms with Crippen molar-refractivity contribution in [2.45, 2.75) is 84.0 Å². The van der Waals surface area contributed by atoms with Crippen molar-refractivity contribution < 1.29 is 33.7 Å². The fraction of sp³-hybridized carbons (Fsp3) is 0.378. The Bertz CT molecular complexity index is 1430. The largest absolute Gasteiger partial charge is 0.494 e. The van der Waals surface area contributed by atoms with Crippen LogP contribution in [0, 0.1) is 0 Å². The Morgan fingerprint density at radius 1 is 0.739 bits per heavy atom. The van der Waals surface area contributed by atoms with Crippen LogP contribution >= 0.6 is 0 Å². The summed E-state index contributed by atoms with van der Waals surface area (Å²) < 4.78 is 16.5. The molecule has 0 saturated heterocycles. The lowest BCUT2D eigenvalue weighted by atomic mass is 9.98.